The molecule has 0 unspecified atom stereocenters. The van der Waals surface area contributed by atoms with Gasteiger partial charge in [0.25, 0.3) is 0 Å². The van der Waals surface area contributed by atoms with Gasteiger partial charge in [0.05, 0.1) is 19.2 Å². The first kappa shape index (κ1) is 20.0. The summed E-state index contributed by atoms with van der Waals surface area (Å²) in [5, 5.41) is 0.447. The van der Waals surface area contributed by atoms with Crippen molar-refractivity contribution in [1.82, 2.24) is 9.80 Å². The van der Waals surface area contributed by atoms with Crippen molar-refractivity contribution in [3.63, 3.8) is 0 Å². The van der Waals surface area contributed by atoms with Gasteiger partial charge in [0.2, 0.25) is 5.91 Å². The average molecular weight is 393 g/mol. The van der Waals surface area contributed by atoms with Crippen LogP contribution in [0, 0.1) is 0 Å². The molecular formula is C21H29ClN2O3. The van der Waals surface area contributed by atoms with Crippen LogP contribution in [0.2, 0.25) is 5.02 Å². The van der Waals surface area contributed by atoms with E-state index in [4.69, 9.17) is 21.1 Å². The number of hydrogen-bond acceptors (Lipinski definition) is 4. The number of nitrogens with zero attached hydrogens (tertiary/aromatic N) is 2. The summed E-state index contributed by atoms with van der Waals surface area (Å²) in [6.07, 6.45) is 10.0. The Kier molecular flexibility index (Phi) is 7.02. The first-order chi connectivity index (χ1) is 13.1. The minimum atomic E-state index is 0.0316. The number of carbonyl (C=O) groups excluding carboxylic acids is 1. The molecule has 27 heavy (non-hydrogen) atoms. The van der Waals surface area contributed by atoms with Crippen molar-refractivity contribution in [2.24, 2.45) is 0 Å². The molecule has 0 atom stereocenters. The Morgan fingerprint density at radius 1 is 1.07 bits per heavy atom. The fourth-order valence-corrected chi connectivity index (χ4v) is 4.35. The van der Waals surface area contributed by atoms with E-state index in [-0.39, 0.29) is 5.91 Å². The number of amides is 1. The standard InChI is InChI=1S/C21H29ClN2O3/c1-26-18-10-8-16(20(22)21(18)27-2)9-11-19(25)24-14-12-23(13-15-24)17-6-4-3-5-7-17/h8-11,17H,3-7,12-15H2,1-2H3/b11-9+. The number of rotatable bonds is 5. The zero-order chi connectivity index (χ0) is 19.2. The minimum Gasteiger partial charge on any atom is -0.493 e. The third kappa shape index (κ3) is 4.77. The second-order valence-electron chi connectivity index (χ2n) is 7.19. The monoisotopic (exact) mass is 392 g/mol. The van der Waals surface area contributed by atoms with Gasteiger partial charge in [0.1, 0.15) is 0 Å². The Balaban J connectivity index is 1.58. The quantitative estimate of drug-likeness (QED) is 0.714. The summed E-state index contributed by atoms with van der Waals surface area (Å²) in [6.45, 7) is 3.53. The van der Waals surface area contributed by atoms with E-state index in [2.05, 4.69) is 4.90 Å². The summed E-state index contributed by atoms with van der Waals surface area (Å²) < 4.78 is 10.5. The molecule has 0 bridgehead atoms. The lowest BCUT2D eigenvalue weighted by Crippen LogP contribution is -2.52. The van der Waals surface area contributed by atoms with Gasteiger partial charge in [-0.2, -0.15) is 0 Å². The molecule has 3 rings (SSSR count). The highest BCUT2D eigenvalue weighted by molar-refractivity contribution is 6.33. The number of ether oxygens (including phenoxy) is 2. The predicted molar refractivity (Wildman–Crippen MR) is 109 cm³/mol. The van der Waals surface area contributed by atoms with E-state index in [0.29, 0.717) is 16.5 Å². The second kappa shape index (κ2) is 9.47. The number of halogens is 1. The van der Waals surface area contributed by atoms with E-state index < -0.39 is 0 Å². The van der Waals surface area contributed by atoms with E-state index in [0.717, 1.165) is 37.8 Å². The zero-order valence-corrected chi connectivity index (χ0v) is 17.0. The minimum absolute atomic E-state index is 0.0316. The molecule has 6 heteroatoms. The van der Waals surface area contributed by atoms with Gasteiger partial charge >= 0.3 is 0 Å². The summed E-state index contributed by atoms with van der Waals surface area (Å²) >= 11 is 6.38. The number of methoxy groups -OCH3 is 2. The van der Waals surface area contributed by atoms with Crippen LogP contribution in [-0.4, -0.2) is 62.1 Å². The summed E-state index contributed by atoms with van der Waals surface area (Å²) in [7, 11) is 3.12. The molecule has 0 N–H and O–H groups in total. The van der Waals surface area contributed by atoms with Gasteiger partial charge in [-0.05, 0) is 36.6 Å². The number of carbonyl (C=O) groups is 1. The summed E-state index contributed by atoms with van der Waals surface area (Å²) in [4.78, 5) is 17.1. The van der Waals surface area contributed by atoms with Gasteiger partial charge in [-0.15, -0.1) is 0 Å². The lowest BCUT2D eigenvalue weighted by molar-refractivity contribution is -0.128. The summed E-state index contributed by atoms with van der Waals surface area (Å²) in [6, 6.07) is 4.34. The maximum Gasteiger partial charge on any atom is 0.246 e. The van der Waals surface area contributed by atoms with Gasteiger partial charge in [-0.3, -0.25) is 9.69 Å². The van der Waals surface area contributed by atoms with Crippen LogP contribution in [0.5, 0.6) is 11.5 Å². The molecule has 1 aromatic rings. The lowest BCUT2D eigenvalue weighted by Gasteiger charge is -2.40. The first-order valence-corrected chi connectivity index (χ1v) is 10.1. The van der Waals surface area contributed by atoms with E-state index in [1.807, 2.05) is 11.0 Å². The van der Waals surface area contributed by atoms with Gasteiger partial charge in [0.15, 0.2) is 11.5 Å². The van der Waals surface area contributed by atoms with Crippen molar-refractivity contribution in [2.75, 3.05) is 40.4 Å². The first-order valence-electron chi connectivity index (χ1n) is 9.75. The molecule has 1 aliphatic carbocycles. The fourth-order valence-electron chi connectivity index (χ4n) is 4.05. The highest BCUT2D eigenvalue weighted by atomic mass is 35.5. The van der Waals surface area contributed by atoms with Crippen molar-refractivity contribution < 1.29 is 14.3 Å². The molecule has 0 radical (unpaired) electrons. The molecule has 1 saturated carbocycles. The topological polar surface area (TPSA) is 42.0 Å². The van der Waals surface area contributed by atoms with Crippen molar-refractivity contribution in [3.8, 4) is 11.5 Å². The van der Waals surface area contributed by atoms with Gasteiger partial charge < -0.3 is 14.4 Å². The molecular weight excluding hydrogens is 364 g/mol. The van der Waals surface area contributed by atoms with E-state index >= 15 is 0 Å². The Morgan fingerprint density at radius 3 is 2.41 bits per heavy atom. The van der Waals surface area contributed by atoms with Crippen LogP contribution < -0.4 is 9.47 Å². The van der Waals surface area contributed by atoms with Crippen LogP contribution in [-0.2, 0) is 4.79 Å². The van der Waals surface area contributed by atoms with Crippen molar-refractivity contribution in [2.45, 2.75) is 38.1 Å². The number of piperazine rings is 1. The Morgan fingerprint density at radius 2 is 1.78 bits per heavy atom. The van der Waals surface area contributed by atoms with Crippen LogP contribution in [0.25, 0.3) is 6.08 Å². The molecule has 1 saturated heterocycles. The fraction of sp³-hybridized carbons (Fsp3) is 0.571. The largest absolute Gasteiger partial charge is 0.493 e. The molecule has 1 aliphatic heterocycles. The predicted octanol–water partition coefficient (Wildman–Crippen LogP) is 3.85. The molecule has 1 heterocycles. The molecule has 1 aromatic carbocycles. The van der Waals surface area contributed by atoms with E-state index in [1.54, 1.807) is 32.4 Å². The third-order valence-electron chi connectivity index (χ3n) is 5.64. The Labute approximate surface area is 166 Å². The maximum absolute atomic E-state index is 12.6. The van der Waals surface area contributed by atoms with Gasteiger partial charge in [-0.1, -0.05) is 30.9 Å². The maximum atomic E-state index is 12.6. The van der Waals surface area contributed by atoms with Crippen LogP contribution >= 0.6 is 11.6 Å². The van der Waals surface area contributed by atoms with Crippen LogP contribution in [0.3, 0.4) is 0 Å². The number of hydrogen-bond donors (Lipinski definition) is 0. The molecule has 148 valence electrons. The molecule has 5 nitrogen and oxygen atoms in total. The highest BCUT2D eigenvalue weighted by Gasteiger charge is 2.26. The number of benzene rings is 1. The summed E-state index contributed by atoms with van der Waals surface area (Å²) in [5.41, 5.74) is 0.739. The average Bonchev–Trinajstić information content (AvgIpc) is 2.73. The van der Waals surface area contributed by atoms with Gasteiger partial charge in [0, 0.05) is 38.3 Å². The molecule has 1 amide bonds. The smallest absolute Gasteiger partial charge is 0.246 e. The zero-order valence-electron chi connectivity index (χ0n) is 16.2. The van der Waals surface area contributed by atoms with E-state index in [1.165, 1.54) is 32.1 Å². The van der Waals surface area contributed by atoms with Crippen molar-refractivity contribution >= 4 is 23.6 Å². The molecule has 2 aliphatic rings. The summed E-state index contributed by atoms with van der Waals surface area (Å²) in [5.74, 6) is 1.09. The molecule has 2 fully saturated rings. The van der Waals surface area contributed by atoms with Crippen LogP contribution in [0.4, 0.5) is 0 Å². The highest BCUT2D eigenvalue weighted by Crippen LogP contribution is 2.37. The second-order valence-corrected chi connectivity index (χ2v) is 7.57. The van der Waals surface area contributed by atoms with Crippen LogP contribution in [0.15, 0.2) is 18.2 Å². The third-order valence-corrected chi connectivity index (χ3v) is 6.03. The Bertz CT molecular complexity index is 678. The van der Waals surface area contributed by atoms with Crippen molar-refractivity contribution in [3.05, 3.63) is 28.8 Å². The van der Waals surface area contributed by atoms with Gasteiger partial charge in [-0.25, -0.2) is 0 Å². The van der Waals surface area contributed by atoms with Crippen LogP contribution in [0.1, 0.15) is 37.7 Å². The van der Waals surface area contributed by atoms with Crippen molar-refractivity contribution in [1.29, 1.82) is 0 Å². The normalized spacial score (nSPS) is 19.4. The Hall–Kier alpha value is -1.72. The van der Waals surface area contributed by atoms with E-state index in [9.17, 15) is 4.79 Å². The molecule has 0 spiro atoms. The lowest BCUT2D eigenvalue weighted by atomic mass is 9.94. The SMILES string of the molecule is COc1ccc(/C=C/C(=O)N2CCN(C3CCCCC3)CC2)c(Cl)c1OC. The molecule has 0 aromatic heterocycles.